The summed E-state index contributed by atoms with van der Waals surface area (Å²) in [6.45, 7) is 8.96. The molecule has 0 bridgehead atoms. The molecular formula is C18H25N5. The number of hydrogen-bond acceptors (Lipinski definition) is 5. The van der Waals surface area contributed by atoms with Crippen molar-refractivity contribution in [2.45, 2.75) is 46.1 Å². The summed E-state index contributed by atoms with van der Waals surface area (Å²) in [7, 11) is 0. The van der Waals surface area contributed by atoms with Crippen LogP contribution in [-0.2, 0) is 6.54 Å². The predicted molar refractivity (Wildman–Crippen MR) is 92.7 cm³/mol. The van der Waals surface area contributed by atoms with E-state index in [1.165, 1.54) is 24.0 Å². The molecule has 23 heavy (non-hydrogen) atoms. The van der Waals surface area contributed by atoms with Crippen molar-refractivity contribution in [3.05, 3.63) is 46.7 Å². The Morgan fingerprint density at radius 3 is 2.83 bits per heavy atom. The van der Waals surface area contributed by atoms with E-state index in [1.54, 1.807) is 0 Å². The standard InChI is InChI=1S/C18H25N5/c1-12-7-13(2)20-10-16(12)11-21-18-8-17(22-14(3)23-18)15-5-4-6-19-9-15/h7-8,10,15,19H,4-6,9,11H2,1-3H3,(H,21,22,23). The normalized spacial score (nSPS) is 18.0. The third kappa shape index (κ3) is 4.05. The predicted octanol–water partition coefficient (Wildman–Crippen LogP) is 2.88. The number of aryl methyl sites for hydroxylation is 3. The number of hydrogen-bond donors (Lipinski definition) is 2. The van der Waals surface area contributed by atoms with E-state index in [0.717, 1.165) is 42.7 Å². The smallest absolute Gasteiger partial charge is 0.130 e. The van der Waals surface area contributed by atoms with Crippen LogP contribution < -0.4 is 10.6 Å². The zero-order chi connectivity index (χ0) is 16.2. The molecule has 0 saturated carbocycles. The molecule has 1 aliphatic rings. The van der Waals surface area contributed by atoms with Gasteiger partial charge >= 0.3 is 0 Å². The van der Waals surface area contributed by atoms with Gasteiger partial charge in [0.1, 0.15) is 11.6 Å². The van der Waals surface area contributed by atoms with E-state index in [1.807, 2.05) is 20.0 Å². The Hall–Kier alpha value is -2.01. The highest BCUT2D eigenvalue weighted by Gasteiger charge is 2.17. The number of aromatic nitrogens is 3. The molecule has 1 aliphatic heterocycles. The second kappa shape index (κ2) is 7.04. The van der Waals surface area contributed by atoms with Gasteiger partial charge in [0.2, 0.25) is 0 Å². The Labute approximate surface area is 138 Å². The fourth-order valence-electron chi connectivity index (χ4n) is 3.09. The second-order valence-corrected chi connectivity index (χ2v) is 6.37. The van der Waals surface area contributed by atoms with Crippen molar-refractivity contribution < 1.29 is 0 Å². The largest absolute Gasteiger partial charge is 0.366 e. The number of rotatable bonds is 4. The van der Waals surface area contributed by atoms with Crippen molar-refractivity contribution in [1.29, 1.82) is 0 Å². The Morgan fingerprint density at radius 1 is 1.22 bits per heavy atom. The van der Waals surface area contributed by atoms with Gasteiger partial charge < -0.3 is 10.6 Å². The fraction of sp³-hybridized carbons (Fsp3) is 0.500. The molecule has 0 spiro atoms. The van der Waals surface area contributed by atoms with Crippen LogP contribution in [0.1, 0.15) is 47.1 Å². The number of piperidine rings is 1. The maximum absolute atomic E-state index is 4.64. The number of anilines is 1. The van der Waals surface area contributed by atoms with Crippen LogP contribution in [0, 0.1) is 20.8 Å². The molecule has 122 valence electrons. The first kappa shape index (κ1) is 15.9. The van der Waals surface area contributed by atoms with Crippen molar-refractivity contribution in [2.24, 2.45) is 0 Å². The molecule has 3 rings (SSSR count). The van der Waals surface area contributed by atoms with E-state index in [0.29, 0.717) is 5.92 Å². The SMILES string of the molecule is Cc1cc(C)c(CNc2cc(C3CCCNC3)nc(C)n2)cn1. The molecule has 0 aliphatic carbocycles. The Morgan fingerprint density at radius 2 is 2.09 bits per heavy atom. The molecule has 0 amide bonds. The Balaban J connectivity index is 1.73. The minimum Gasteiger partial charge on any atom is -0.366 e. The summed E-state index contributed by atoms with van der Waals surface area (Å²) in [5.74, 6) is 2.22. The Bertz CT molecular complexity index is 677. The molecule has 1 atom stereocenters. The first-order valence-corrected chi connectivity index (χ1v) is 8.34. The summed E-state index contributed by atoms with van der Waals surface area (Å²) < 4.78 is 0. The van der Waals surface area contributed by atoms with Gasteiger partial charge in [0.15, 0.2) is 0 Å². The minimum absolute atomic E-state index is 0.494. The monoisotopic (exact) mass is 311 g/mol. The van der Waals surface area contributed by atoms with E-state index in [-0.39, 0.29) is 0 Å². The molecule has 2 N–H and O–H groups in total. The number of pyridine rings is 1. The zero-order valence-corrected chi connectivity index (χ0v) is 14.2. The molecule has 2 aromatic heterocycles. The highest BCUT2D eigenvalue weighted by molar-refractivity contribution is 5.39. The molecule has 1 saturated heterocycles. The Kier molecular flexibility index (Phi) is 4.86. The van der Waals surface area contributed by atoms with Crippen LogP contribution in [0.25, 0.3) is 0 Å². The van der Waals surface area contributed by atoms with E-state index >= 15 is 0 Å². The topological polar surface area (TPSA) is 62.7 Å². The molecule has 1 fully saturated rings. The van der Waals surface area contributed by atoms with Crippen molar-refractivity contribution in [2.75, 3.05) is 18.4 Å². The van der Waals surface area contributed by atoms with Gasteiger partial charge in [0, 0.05) is 37.0 Å². The first-order valence-electron chi connectivity index (χ1n) is 8.34. The first-order chi connectivity index (χ1) is 11.1. The van der Waals surface area contributed by atoms with E-state index in [9.17, 15) is 0 Å². The molecule has 5 heteroatoms. The summed E-state index contributed by atoms with van der Waals surface area (Å²) >= 11 is 0. The molecule has 2 aromatic rings. The molecule has 1 unspecified atom stereocenters. The molecule has 0 radical (unpaired) electrons. The van der Waals surface area contributed by atoms with Gasteiger partial charge in [-0.3, -0.25) is 4.98 Å². The summed E-state index contributed by atoms with van der Waals surface area (Å²) in [6, 6.07) is 4.21. The quantitative estimate of drug-likeness (QED) is 0.909. The maximum atomic E-state index is 4.64. The summed E-state index contributed by atoms with van der Waals surface area (Å²) in [5, 5.41) is 6.88. The van der Waals surface area contributed by atoms with Crippen LogP contribution >= 0.6 is 0 Å². The van der Waals surface area contributed by atoms with E-state index in [4.69, 9.17) is 0 Å². The van der Waals surface area contributed by atoms with Crippen molar-refractivity contribution >= 4 is 5.82 Å². The van der Waals surface area contributed by atoms with Gasteiger partial charge in [-0.05, 0) is 57.4 Å². The van der Waals surface area contributed by atoms with Gasteiger partial charge in [-0.15, -0.1) is 0 Å². The van der Waals surface area contributed by atoms with Gasteiger partial charge in [0.25, 0.3) is 0 Å². The summed E-state index contributed by atoms with van der Waals surface area (Å²) in [5.41, 5.74) is 4.65. The van der Waals surface area contributed by atoms with Crippen LogP contribution in [0.2, 0.25) is 0 Å². The second-order valence-electron chi connectivity index (χ2n) is 6.37. The number of nitrogens with one attached hydrogen (secondary N) is 2. The van der Waals surface area contributed by atoms with Crippen LogP contribution in [0.15, 0.2) is 18.3 Å². The van der Waals surface area contributed by atoms with Crippen LogP contribution in [-0.4, -0.2) is 28.0 Å². The molecule has 5 nitrogen and oxygen atoms in total. The van der Waals surface area contributed by atoms with Crippen LogP contribution in [0.5, 0.6) is 0 Å². The average Bonchev–Trinajstić information content (AvgIpc) is 2.54. The van der Waals surface area contributed by atoms with Gasteiger partial charge in [-0.2, -0.15) is 0 Å². The molecule has 3 heterocycles. The average molecular weight is 311 g/mol. The van der Waals surface area contributed by atoms with Crippen LogP contribution in [0.3, 0.4) is 0 Å². The van der Waals surface area contributed by atoms with Crippen molar-refractivity contribution in [1.82, 2.24) is 20.3 Å². The lowest BCUT2D eigenvalue weighted by Crippen LogP contribution is -2.29. The lowest BCUT2D eigenvalue weighted by atomic mass is 9.96. The van der Waals surface area contributed by atoms with Crippen molar-refractivity contribution in [3.8, 4) is 0 Å². The highest BCUT2D eigenvalue weighted by Crippen LogP contribution is 2.23. The molecular weight excluding hydrogens is 286 g/mol. The molecule has 0 aromatic carbocycles. The zero-order valence-electron chi connectivity index (χ0n) is 14.2. The maximum Gasteiger partial charge on any atom is 0.130 e. The lowest BCUT2D eigenvalue weighted by Gasteiger charge is -2.23. The van der Waals surface area contributed by atoms with Crippen molar-refractivity contribution in [3.63, 3.8) is 0 Å². The lowest BCUT2D eigenvalue weighted by molar-refractivity contribution is 0.453. The van der Waals surface area contributed by atoms with Gasteiger partial charge in [-0.25, -0.2) is 9.97 Å². The number of nitrogens with zero attached hydrogens (tertiary/aromatic N) is 3. The summed E-state index contributed by atoms with van der Waals surface area (Å²) in [6.07, 6.45) is 4.35. The summed E-state index contributed by atoms with van der Waals surface area (Å²) in [4.78, 5) is 13.5. The fourth-order valence-corrected chi connectivity index (χ4v) is 3.09. The van der Waals surface area contributed by atoms with Crippen LogP contribution in [0.4, 0.5) is 5.82 Å². The highest BCUT2D eigenvalue weighted by atomic mass is 15.0. The van der Waals surface area contributed by atoms with Gasteiger partial charge in [0.05, 0.1) is 5.69 Å². The third-order valence-corrected chi connectivity index (χ3v) is 4.39. The van der Waals surface area contributed by atoms with Gasteiger partial charge in [-0.1, -0.05) is 0 Å². The third-order valence-electron chi connectivity index (χ3n) is 4.39. The van der Waals surface area contributed by atoms with E-state index < -0.39 is 0 Å². The van der Waals surface area contributed by atoms with E-state index in [2.05, 4.69) is 44.6 Å². The minimum atomic E-state index is 0.494.